The number of anilines is 1. The second-order valence-electron chi connectivity index (χ2n) is 4.16. The van der Waals surface area contributed by atoms with Crippen LogP contribution in [0.3, 0.4) is 0 Å². The fourth-order valence-corrected chi connectivity index (χ4v) is 1.98. The predicted octanol–water partition coefficient (Wildman–Crippen LogP) is 1.58. The van der Waals surface area contributed by atoms with Gasteiger partial charge in [0.1, 0.15) is 17.3 Å². The molecule has 5 nitrogen and oxygen atoms in total. The van der Waals surface area contributed by atoms with Gasteiger partial charge in [0, 0.05) is 18.0 Å². The summed E-state index contributed by atoms with van der Waals surface area (Å²) in [6.07, 6.45) is 0. The van der Waals surface area contributed by atoms with Crippen molar-refractivity contribution in [3.63, 3.8) is 0 Å². The molecule has 0 aliphatic carbocycles. The minimum atomic E-state index is -0.303. The Morgan fingerprint density at radius 3 is 2.72 bits per heavy atom. The molecule has 0 unspecified atom stereocenters. The van der Waals surface area contributed by atoms with E-state index < -0.39 is 0 Å². The van der Waals surface area contributed by atoms with Crippen LogP contribution in [0.1, 0.15) is 0 Å². The highest BCUT2D eigenvalue weighted by atomic mass is 19.1. The Kier molecular flexibility index (Phi) is 2.07. The van der Waals surface area contributed by atoms with Crippen molar-refractivity contribution in [3.05, 3.63) is 40.6 Å². The third kappa shape index (κ3) is 1.42. The van der Waals surface area contributed by atoms with Crippen molar-refractivity contribution < 1.29 is 4.39 Å². The summed E-state index contributed by atoms with van der Waals surface area (Å²) in [4.78, 5) is 17.2. The van der Waals surface area contributed by atoms with E-state index in [0.29, 0.717) is 17.2 Å². The van der Waals surface area contributed by atoms with Crippen LogP contribution in [0.25, 0.3) is 22.3 Å². The first-order valence-corrected chi connectivity index (χ1v) is 5.39. The number of aromatic amines is 2. The van der Waals surface area contributed by atoms with Crippen molar-refractivity contribution in [1.29, 1.82) is 0 Å². The van der Waals surface area contributed by atoms with Crippen LogP contribution in [0.15, 0.2) is 29.1 Å². The molecule has 0 atom stereocenters. The van der Waals surface area contributed by atoms with Crippen molar-refractivity contribution in [2.24, 2.45) is 7.05 Å². The number of imidazole rings is 1. The molecule has 0 aliphatic rings. The molecule has 0 bridgehead atoms. The van der Waals surface area contributed by atoms with Gasteiger partial charge in [-0.2, -0.15) is 0 Å². The Morgan fingerprint density at radius 1 is 1.28 bits per heavy atom. The number of nitrogen functional groups attached to an aromatic ring is 1. The average Bonchev–Trinajstić information content (AvgIpc) is 2.85. The summed E-state index contributed by atoms with van der Waals surface area (Å²) in [6, 6.07) is 6.19. The largest absolute Gasteiger partial charge is 0.383 e. The number of nitrogens with one attached hydrogen (secondary N) is 2. The molecule has 2 aromatic heterocycles. The summed E-state index contributed by atoms with van der Waals surface area (Å²) >= 11 is 0. The smallest absolute Gasteiger partial charge is 0.327 e. The number of H-pyrrole nitrogens is 2. The number of aromatic nitrogens is 3. The molecule has 2 heterocycles. The minimum absolute atomic E-state index is 0.285. The van der Waals surface area contributed by atoms with E-state index in [1.54, 1.807) is 19.2 Å². The highest BCUT2D eigenvalue weighted by Crippen LogP contribution is 2.26. The maximum atomic E-state index is 13.1. The minimum Gasteiger partial charge on any atom is -0.383 e. The first-order chi connectivity index (χ1) is 8.56. The van der Waals surface area contributed by atoms with E-state index in [0.717, 1.165) is 10.9 Å². The van der Waals surface area contributed by atoms with Crippen LogP contribution in [0, 0.1) is 5.82 Å². The van der Waals surface area contributed by atoms with E-state index in [4.69, 9.17) is 5.73 Å². The molecule has 0 amide bonds. The molecule has 18 heavy (non-hydrogen) atoms. The Morgan fingerprint density at radius 2 is 2.06 bits per heavy atom. The van der Waals surface area contributed by atoms with Gasteiger partial charge in [-0.1, -0.05) is 0 Å². The van der Waals surface area contributed by atoms with Gasteiger partial charge in [-0.05, 0) is 24.3 Å². The van der Waals surface area contributed by atoms with Gasteiger partial charge in [0.25, 0.3) is 0 Å². The van der Waals surface area contributed by atoms with Crippen molar-refractivity contribution in [2.75, 3.05) is 5.73 Å². The summed E-state index contributed by atoms with van der Waals surface area (Å²) in [5.74, 6) is 0.0367. The first-order valence-electron chi connectivity index (χ1n) is 5.39. The number of fused-ring (bicyclic) bond motifs is 1. The van der Waals surface area contributed by atoms with Crippen LogP contribution in [-0.4, -0.2) is 14.5 Å². The normalized spacial score (nSPS) is 11.2. The fraction of sp³-hybridized carbons (Fsp3) is 0.0833. The molecule has 0 saturated heterocycles. The standard InChI is InChI=1S/C12H11FN4O/c1-17-11(14)10(16-12(17)18)9-5-6-4-7(13)2-3-8(6)15-9/h2-5,15H,14H2,1H3,(H,16,18). The van der Waals surface area contributed by atoms with Gasteiger partial charge in [0.15, 0.2) is 0 Å². The number of nitrogens with two attached hydrogens (primary N) is 1. The van der Waals surface area contributed by atoms with Gasteiger partial charge in [0.05, 0.1) is 5.69 Å². The molecule has 3 aromatic rings. The molecule has 0 aliphatic heterocycles. The Balaban J connectivity index is 2.25. The zero-order valence-corrected chi connectivity index (χ0v) is 9.62. The Labute approximate surface area is 101 Å². The SMILES string of the molecule is Cn1c(N)c(-c2cc3cc(F)ccc3[nH]2)[nH]c1=O. The van der Waals surface area contributed by atoms with E-state index in [9.17, 15) is 9.18 Å². The monoisotopic (exact) mass is 246 g/mol. The molecule has 3 rings (SSSR count). The van der Waals surface area contributed by atoms with E-state index in [2.05, 4.69) is 9.97 Å². The number of halogens is 1. The van der Waals surface area contributed by atoms with Gasteiger partial charge < -0.3 is 15.7 Å². The summed E-state index contributed by atoms with van der Waals surface area (Å²) in [5, 5.41) is 0.731. The second kappa shape index (κ2) is 3.49. The maximum Gasteiger partial charge on any atom is 0.327 e. The van der Waals surface area contributed by atoms with E-state index in [1.807, 2.05) is 0 Å². The average molecular weight is 246 g/mol. The number of rotatable bonds is 1. The fourth-order valence-electron chi connectivity index (χ4n) is 1.98. The van der Waals surface area contributed by atoms with Crippen molar-refractivity contribution >= 4 is 16.7 Å². The quantitative estimate of drug-likeness (QED) is 0.609. The number of benzene rings is 1. The third-order valence-corrected chi connectivity index (χ3v) is 3.01. The second-order valence-corrected chi connectivity index (χ2v) is 4.16. The molecule has 92 valence electrons. The summed E-state index contributed by atoms with van der Waals surface area (Å²) < 4.78 is 14.4. The van der Waals surface area contributed by atoms with Gasteiger partial charge in [-0.3, -0.25) is 4.57 Å². The number of nitrogens with zero attached hydrogens (tertiary/aromatic N) is 1. The van der Waals surface area contributed by atoms with Crippen molar-refractivity contribution in [2.45, 2.75) is 0 Å². The molecule has 0 spiro atoms. The highest BCUT2D eigenvalue weighted by molar-refractivity contribution is 5.86. The van der Waals surface area contributed by atoms with Crippen LogP contribution in [0.5, 0.6) is 0 Å². The topological polar surface area (TPSA) is 79.6 Å². The lowest BCUT2D eigenvalue weighted by Crippen LogP contribution is -2.13. The van der Waals surface area contributed by atoms with Crippen LogP contribution in [0.2, 0.25) is 0 Å². The first kappa shape index (κ1) is 10.6. The van der Waals surface area contributed by atoms with Gasteiger partial charge in [-0.25, -0.2) is 9.18 Å². The zero-order chi connectivity index (χ0) is 12.9. The number of hydrogen-bond donors (Lipinski definition) is 3. The van der Waals surface area contributed by atoms with E-state index >= 15 is 0 Å². The van der Waals surface area contributed by atoms with Crippen LogP contribution in [0.4, 0.5) is 10.2 Å². The number of hydrogen-bond acceptors (Lipinski definition) is 2. The van der Waals surface area contributed by atoms with Crippen LogP contribution < -0.4 is 11.4 Å². The molecular formula is C12H11FN4O. The third-order valence-electron chi connectivity index (χ3n) is 3.01. The highest BCUT2D eigenvalue weighted by Gasteiger charge is 2.12. The molecule has 6 heteroatoms. The maximum absolute atomic E-state index is 13.1. The zero-order valence-electron chi connectivity index (χ0n) is 9.62. The predicted molar refractivity (Wildman–Crippen MR) is 67.7 cm³/mol. The Bertz CT molecular complexity index is 796. The lowest BCUT2D eigenvalue weighted by molar-refractivity contribution is 0.630. The van der Waals surface area contributed by atoms with Crippen molar-refractivity contribution in [3.8, 4) is 11.4 Å². The van der Waals surface area contributed by atoms with E-state index in [1.165, 1.54) is 16.7 Å². The molecular weight excluding hydrogens is 235 g/mol. The van der Waals surface area contributed by atoms with E-state index in [-0.39, 0.29) is 11.5 Å². The summed E-state index contributed by atoms with van der Waals surface area (Å²) in [7, 11) is 1.58. The lowest BCUT2D eigenvalue weighted by Gasteiger charge is -1.96. The summed E-state index contributed by atoms with van der Waals surface area (Å²) in [6.45, 7) is 0. The van der Waals surface area contributed by atoms with Crippen molar-refractivity contribution in [1.82, 2.24) is 14.5 Å². The van der Waals surface area contributed by atoms with Gasteiger partial charge in [0.2, 0.25) is 0 Å². The van der Waals surface area contributed by atoms with Gasteiger partial charge >= 0.3 is 5.69 Å². The molecule has 4 N–H and O–H groups in total. The summed E-state index contributed by atoms with van der Waals surface area (Å²) in [5.41, 5.74) is 7.50. The van der Waals surface area contributed by atoms with Crippen LogP contribution in [-0.2, 0) is 7.05 Å². The molecule has 1 aromatic carbocycles. The van der Waals surface area contributed by atoms with Gasteiger partial charge in [-0.15, -0.1) is 0 Å². The molecule has 0 fully saturated rings. The Hall–Kier alpha value is -2.50. The lowest BCUT2D eigenvalue weighted by atomic mass is 10.2. The molecule has 0 radical (unpaired) electrons. The molecule has 0 saturated carbocycles. The van der Waals surface area contributed by atoms with Crippen LogP contribution >= 0.6 is 0 Å².